The lowest BCUT2D eigenvalue weighted by Gasteiger charge is -2.29. The van der Waals surface area contributed by atoms with Gasteiger partial charge in [-0.1, -0.05) is 68.7 Å². The Bertz CT molecular complexity index is 952. The molecular formula is C26H28F2. The van der Waals surface area contributed by atoms with Gasteiger partial charge in [0.15, 0.2) is 0 Å². The summed E-state index contributed by atoms with van der Waals surface area (Å²) in [4.78, 5) is 0. The Morgan fingerprint density at radius 3 is 2.46 bits per heavy atom. The minimum absolute atomic E-state index is 0.266. The lowest BCUT2D eigenvalue weighted by molar-refractivity contribution is 0.304. The van der Waals surface area contributed by atoms with E-state index in [1.54, 1.807) is 18.2 Å². The van der Waals surface area contributed by atoms with Crippen LogP contribution in [0.2, 0.25) is 0 Å². The zero-order valence-corrected chi connectivity index (χ0v) is 16.6. The second-order valence-electron chi connectivity index (χ2n) is 8.28. The van der Waals surface area contributed by atoms with Crippen molar-refractivity contribution in [3.05, 3.63) is 71.8 Å². The van der Waals surface area contributed by atoms with Crippen LogP contribution in [0.25, 0.3) is 21.9 Å². The second-order valence-corrected chi connectivity index (χ2v) is 8.28. The minimum Gasteiger partial charge on any atom is -0.207 e. The fraction of sp³-hybridized carbons (Fsp3) is 0.385. The highest BCUT2D eigenvalue weighted by atomic mass is 19.1. The van der Waals surface area contributed by atoms with E-state index in [9.17, 15) is 4.39 Å². The molecule has 0 nitrogen and oxygen atoms in total. The molecule has 0 heterocycles. The number of unbranched alkanes of at least 4 members (excludes halogenated alkanes) is 1. The van der Waals surface area contributed by atoms with E-state index in [0.29, 0.717) is 22.4 Å². The third-order valence-electron chi connectivity index (χ3n) is 6.40. The van der Waals surface area contributed by atoms with Crippen LogP contribution in [-0.2, 0) is 0 Å². The summed E-state index contributed by atoms with van der Waals surface area (Å²) in [6.45, 7) is 2.26. The van der Waals surface area contributed by atoms with Crippen molar-refractivity contribution in [2.45, 2.75) is 57.8 Å². The Hall–Kier alpha value is -2.22. The van der Waals surface area contributed by atoms with Gasteiger partial charge in [0.1, 0.15) is 11.6 Å². The molecule has 0 bridgehead atoms. The van der Waals surface area contributed by atoms with Crippen LogP contribution < -0.4 is 0 Å². The molecule has 0 saturated heterocycles. The number of benzene rings is 3. The van der Waals surface area contributed by atoms with E-state index in [2.05, 4.69) is 19.1 Å². The van der Waals surface area contributed by atoms with Crippen LogP contribution in [-0.4, -0.2) is 0 Å². The van der Waals surface area contributed by atoms with Gasteiger partial charge in [0.2, 0.25) is 0 Å². The molecule has 0 amide bonds. The normalized spacial score (nSPS) is 19.8. The maximum absolute atomic E-state index is 15.1. The van der Waals surface area contributed by atoms with Crippen molar-refractivity contribution in [1.82, 2.24) is 0 Å². The monoisotopic (exact) mass is 378 g/mol. The molecule has 1 aliphatic carbocycles. The summed E-state index contributed by atoms with van der Waals surface area (Å²) in [6, 6.07) is 16.0. The molecule has 3 aromatic rings. The molecule has 0 unspecified atom stereocenters. The van der Waals surface area contributed by atoms with Crippen molar-refractivity contribution in [2.24, 2.45) is 5.92 Å². The fourth-order valence-electron chi connectivity index (χ4n) is 4.72. The Morgan fingerprint density at radius 1 is 0.893 bits per heavy atom. The number of hydrogen-bond donors (Lipinski definition) is 0. The highest BCUT2D eigenvalue weighted by molar-refractivity contribution is 5.88. The van der Waals surface area contributed by atoms with Gasteiger partial charge in [0.05, 0.1) is 0 Å². The summed E-state index contributed by atoms with van der Waals surface area (Å²) < 4.78 is 28.6. The lowest BCUT2D eigenvalue weighted by atomic mass is 9.77. The predicted molar refractivity (Wildman–Crippen MR) is 114 cm³/mol. The first-order valence-electron chi connectivity index (χ1n) is 10.6. The summed E-state index contributed by atoms with van der Waals surface area (Å²) >= 11 is 0. The van der Waals surface area contributed by atoms with Crippen molar-refractivity contribution in [3.8, 4) is 11.1 Å². The number of rotatable bonds is 5. The van der Waals surface area contributed by atoms with Crippen molar-refractivity contribution in [3.63, 3.8) is 0 Å². The second kappa shape index (κ2) is 8.43. The molecule has 28 heavy (non-hydrogen) atoms. The number of hydrogen-bond acceptors (Lipinski definition) is 0. The van der Waals surface area contributed by atoms with Crippen molar-refractivity contribution in [2.75, 3.05) is 0 Å². The summed E-state index contributed by atoms with van der Waals surface area (Å²) in [5, 5.41) is 1.55. The van der Waals surface area contributed by atoms with Crippen LogP contribution in [0.3, 0.4) is 0 Å². The molecule has 0 aromatic heterocycles. The van der Waals surface area contributed by atoms with Crippen LogP contribution in [0.1, 0.15) is 63.4 Å². The lowest BCUT2D eigenvalue weighted by Crippen LogP contribution is -2.13. The van der Waals surface area contributed by atoms with Crippen LogP contribution in [0.4, 0.5) is 8.78 Å². The maximum atomic E-state index is 15.1. The van der Waals surface area contributed by atoms with Crippen molar-refractivity contribution < 1.29 is 8.78 Å². The van der Waals surface area contributed by atoms with Crippen molar-refractivity contribution >= 4 is 10.8 Å². The van der Waals surface area contributed by atoms with E-state index in [4.69, 9.17) is 0 Å². The third kappa shape index (κ3) is 3.97. The topological polar surface area (TPSA) is 0 Å². The zero-order valence-electron chi connectivity index (χ0n) is 16.6. The van der Waals surface area contributed by atoms with Crippen LogP contribution in [0, 0.1) is 17.6 Å². The molecule has 0 atom stereocenters. The fourth-order valence-corrected chi connectivity index (χ4v) is 4.72. The van der Waals surface area contributed by atoms with Crippen LogP contribution >= 0.6 is 0 Å². The zero-order chi connectivity index (χ0) is 19.5. The molecule has 146 valence electrons. The first kappa shape index (κ1) is 19.1. The van der Waals surface area contributed by atoms with Gasteiger partial charge in [0.25, 0.3) is 0 Å². The number of fused-ring (bicyclic) bond motifs is 1. The Balaban J connectivity index is 1.56. The van der Waals surface area contributed by atoms with Gasteiger partial charge in [0, 0.05) is 10.9 Å². The minimum atomic E-state index is -0.345. The molecule has 4 rings (SSSR count). The highest BCUT2D eigenvalue weighted by Gasteiger charge is 2.22. The predicted octanol–water partition coefficient (Wildman–Crippen LogP) is 8.25. The molecule has 0 N–H and O–H groups in total. The Morgan fingerprint density at radius 2 is 1.71 bits per heavy atom. The molecule has 1 fully saturated rings. The molecule has 1 aliphatic rings. The molecule has 0 spiro atoms. The van der Waals surface area contributed by atoms with Crippen LogP contribution in [0.15, 0.2) is 54.6 Å². The highest BCUT2D eigenvalue weighted by Crippen LogP contribution is 2.39. The van der Waals surface area contributed by atoms with E-state index in [-0.39, 0.29) is 11.6 Å². The van der Waals surface area contributed by atoms with E-state index in [1.165, 1.54) is 62.6 Å². The van der Waals surface area contributed by atoms with E-state index in [1.807, 2.05) is 12.1 Å². The molecule has 1 saturated carbocycles. The molecule has 0 radical (unpaired) electrons. The standard InChI is InChI=1S/C26H28F2/c1-2-3-5-18-8-10-19(11-9-18)20-12-14-25-22(16-20)13-15-24(26(25)28)21-6-4-7-23(27)17-21/h4,6-7,12-19H,2-3,5,8-11H2,1H3/t18-,19-. The largest absolute Gasteiger partial charge is 0.207 e. The van der Waals surface area contributed by atoms with Crippen LogP contribution in [0.5, 0.6) is 0 Å². The van der Waals surface area contributed by atoms with E-state index in [0.717, 1.165) is 11.3 Å². The van der Waals surface area contributed by atoms with E-state index < -0.39 is 0 Å². The first-order valence-corrected chi connectivity index (χ1v) is 10.6. The molecule has 0 aliphatic heterocycles. The summed E-state index contributed by atoms with van der Waals surface area (Å²) in [6.07, 6.45) is 9.11. The number of halogens is 2. The summed E-state index contributed by atoms with van der Waals surface area (Å²) in [7, 11) is 0. The van der Waals surface area contributed by atoms with E-state index >= 15 is 4.39 Å². The SMILES string of the molecule is CCCC[C@H]1CC[C@H](c2ccc3c(F)c(-c4cccc(F)c4)ccc3c2)CC1. The first-order chi connectivity index (χ1) is 13.7. The third-order valence-corrected chi connectivity index (χ3v) is 6.40. The molecular weight excluding hydrogens is 350 g/mol. The summed E-state index contributed by atoms with van der Waals surface area (Å²) in [5.74, 6) is 0.871. The van der Waals surface area contributed by atoms with Gasteiger partial charge >= 0.3 is 0 Å². The van der Waals surface area contributed by atoms with Gasteiger partial charge in [-0.15, -0.1) is 0 Å². The average Bonchev–Trinajstić information content (AvgIpc) is 2.72. The Labute approximate surface area is 166 Å². The van der Waals surface area contributed by atoms with Gasteiger partial charge < -0.3 is 0 Å². The van der Waals surface area contributed by atoms with Crippen molar-refractivity contribution in [1.29, 1.82) is 0 Å². The molecule has 2 heteroatoms. The molecule has 3 aromatic carbocycles. The summed E-state index contributed by atoms with van der Waals surface area (Å²) in [5.41, 5.74) is 2.37. The smallest absolute Gasteiger partial charge is 0.138 e. The maximum Gasteiger partial charge on any atom is 0.138 e. The van der Waals surface area contributed by atoms with Gasteiger partial charge in [-0.2, -0.15) is 0 Å². The van der Waals surface area contributed by atoms with Gasteiger partial charge in [-0.25, -0.2) is 8.78 Å². The van der Waals surface area contributed by atoms with Gasteiger partial charge in [-0.05, 0) is 66.2 Å². The quantitative estimate of drug-likeness (QED) is 0.419. The van der Waals surface area contributed by atoms with Gasteiger partial charge in [-0.3, -0.25) is 0 Å². The Kier molecular flexibility index (Phi) is 5.75. The average molecular weight is 379 g/mol.